The fourth-order valence-electron chi connectivity index (χ4n) is 1.49. The summed E-state index contributed by atoms with van der Waals surface area (Å²) in [6.07, 6.45) is 3.87. The van der Waals surface area contributed by atoms with Gasteiger partial charge in [-0.25, -0.2) is 5.06 Å². The van der Waals surface area contributed by atoms with Crippen LogP contribution >= 0.6 is 0 Å². The van der Waals surface area contributed by atoms with Gasteiger partial charge in [-0.1, -0.05) is 30.4 Å². The van der Waals surface area contributed by atoms with Gasteiger partial charge in [-0.2, -0.15) is 0 Å². The molecule has 0 bridgehead atoms. The third-order valence-electron chi connectivity index (χ3n) is 2.17. The van der Waals surface area contributed by atoms with Crippen LogP contribution < -0.4 is 5.06 Å². The van der Waals surface area contributed by atoms with Gasteiger partial charge in [0.25, 0.3) is 0 Å². The van der Waals surface area contributed by atoms with Crippen molar-refractivity contribution in [2.75, 3.05) is 18.3 Å². The number of hydrogen-bond acceptors (Lipinski definition) is 3. The summed E-state index contributed by atoms with van der Waals surface area (Å²) < 4.78 is 0. The highest BCUT2D eigenvalue weighted by molar-refractivity contribution is 5.46. The van der Waals surface area contributed by atoms with Gasteiger partial charge >= 0.3 is 0 Å². The van der Waals surface area contributed by atoms with Crippen molar-refractivity contribution in [1.29, 1.82) is 0 Å². The summed E-state index contributed by atoms with van der Waals surface area (Å²) in [7, 11) is 0. The Morgan fingerprint density at radius 1 is 1.36 bits per heavy atom. The molecule has 14 heavy (non-hydrogen) atoms. The highest BCUT2D eigenvalue weighted by Gasteiger charge is 2.18. The lowest BCUT2D eigenvalue weighted by Gasteiger charge is -2.31. The summed E-state index contributed by atoms with van der Waals surface area (Å²) in [6.45, 7) is 0.622. The van der Waals surface area contributed by atoms with E-state index in [4.69, 9.17) is 9.94 Å². The van der Waals surface area contributed by atoms with E-state index in [1.807, 2.05) is 42.5 Å². The number of para-hydroxylation sites is 1. The van der Waals surface area contributed by atoms with Gasteiger partial charge in [0.05, 0.1) is 24.9 Å². The molecule has 0 spiro atoms. The predicted octanol–water partition coefficient (Wildman–Crippen LogP) is 1.36. The molecule has 0 aliphatic carbocycles. The monoisotopic (exact) mass is 191 g/mol. The van der Waals surface area contributed by atoms with Gasteiger partial charge in [-0.05, 0) is 12.1 Å². The molecule has 1 heterocycles. The quantitative estimate of drug-likeness (QED) is 0.716. The molecule has 2 rings (SSSR count). The van der Waals surface area contributed by atoms with Gasteiger partial charge in [0.15, 0.2) is 0 Å². The molecule has 0 aromatic heterocycles. The summed E-state index contributed by atoms with van der Waals surface area (Å²) >= 11 is 0. The number of hydrogen-bond donors (Lipinski definition) is 1. The van der Waals surface area contributed by atoms with E-state index in [0.29, 0.717) is 6.61 Å². The Balaban J connectivity index is 2.21. The van der Waals surface area contributed by atoms with Gasteiger partial charge in [0.2, 0.25) is 0 Å². The Morgan fingerprint density at radius 2 is 2.14 bits per heavy atom. The number of hydroxylamine groups is 1. The molecule has 1 aromatic rings. The maximum absolute atomic E-state index is 9.15. The minimum Gasteiger partial charge on any atom is -0.394 e. The first-order valence-corrected chi connectivity index (χ1v) is 4.66. The molecular formula is C11H13NO2. The van der Waals surface area contributed by atoms with Crippen molar-refractivity contribution in [2.45, 2.75) is 6.04 Å². The molecule has 1 unspecified atom stereocenters. The maximum Gasteiger partial charge on any atom is 0.0977 e. The summed E-state index contributed by atoms with van der Waals surface area (Å²) in [5.41, 5.74) is 0.968. The molecule has 3 nitrogen and oxygen atoms in total. The van der Waals surface area contributed by atoms with E-state index < -0.39 is 0 Å². The van der Waals surface area contributed by atoms with Crippen molar-refractivity contribution in [3.63, 3.8) is 0 Å². The zero-order valence-corrected chi connectivity index (χ0v) is 7.84. The van der Waals surface area contributed by atoms with E-state index in [1.54, 1.807) is 5.06 Å². The van der Waals surface area contributed by atoms with E-state index >= 15 is 0 Å². The van der Waals surface area contributed by atoms with Crippen LogP contribution in [-0.4, -0.2) is 24.4 Å². The summed E-state index contributed by atoms with van der Waals surface area (Å²) in [4.78, 5) is 5.45. The second-order valence-corrected chi connectivity index (χ2v) is 3.14. The maximum atomic E-state index is 9.15. The molecule has 74 valence electrons. The second kappa shape index (κ2) is 4.26. The van der Waals surface area contributed by atoms with Crippen LogP contribution in [-0.2, 0) is 4.84 Å². The van der Waals surface area contributed by atoms with E-state index in [-0.39, 0.29) is 12.6 Å². The molecule has 1 aliphatic rings. The third-order valence-corrected chi connectivity index (χ3v) is 2.17. The van der Waals surface area contributed by atoms with Crippen molar-refractivity contribution in [3.8, 4) is 0 Å². The highest BCUT2D eigenvalue weighted by atomic mass is 16.7. The first-order chi connectivity index (χ1) is 6.92. The van der Waals surface area contributed by atoms with Crippen LogP contribution in [0.25, 0.3) is 0 Å². The summed E-state index contributed by atoms with van der Waals surface area (Å²) in [5, 5.41) is 10.9. The smallest absolute Gasteiger partial charge is 0.0977 e. The van der Waals surface area contributed by atoms with Crippen LogP contribution in [0.4, 0.5) is 5.69 Å². The van der Waals surface area contributed by atoms with Gasteiger partial charge in [0, 0.05) is 0 Å². The largest absolute Gasteiger partial charge is 0.394 e. The molecule has 3 heteroatoms. The van der Waals surface area contributed by atoms with Gasteiger partial charge in [-0.15, -0.1) is 0 Å². The number of anilines is 1. The van der Waals surface area contributed by atoms with Crippen molar-refractivity contribution in [1.82, 2.24) is 0 Å². The Hall–Kier alpha value is -1.32. The molecule has 1 N–H and O–H groups in total. The molecule has 0 saturated heterocycles. The molecule has 0 saturated carbocycles. The van der Waals surface area contributed by atoms with E-state index in [2.05, 4.69) is 0 Å². The number of nitrogens with zero attached hydrogens (tertiary/aromatic N) is 1. The van der Waals surface area contributed by atoms with Crippen LogP contribution in [0, 0.1) is 0 Å². The molecule has 1 aliphatic heterocycles. The fraction of sp³-hybridized carbons (Fsp3) is 0.273. The fourth-order valence-corrected chi connectivity index (χ4v) is 1.49. The minimum atomic E-state index is -0.0776. The minimum absolute atomic E-state index is 0.0609. The molecule has 0 fully saturated rings. The van der Waals surface area contributed by atoms with Gasteiger partial charge in [-0.3, -0.25) is 4.84 Å². The lowest BCUT2D eigenvalue weighted by Crippen LogP contribution is -2.39. The summed E-state index contributed by atoms with van der Waals surface area (Å²) in [6, 6.07) is 9.70. The molecule has 1 aromatic carbocycles. The van der Waals surface area contributed by atoms with Crippen LogP contribution in [0.5, 0.6) is 0 Å². The predicted molar refractivity (Wildman–Crippen MR) is 54.9 cm³/mol. The topological polar surface area (TPSA) is 32.7 Å². The Bertz CT molecular complexity index is 310. The van der Waals surface area contributed by atoms with Crippen molar-refractivity contribution >= 4 is 5.69 Å². The van der Waals surface area contributed by atoms with Crippen LogP contribution in [0.15, 0.2) is 42.5 Å². The zero-order chi connectivity index (χ0) is 9.80. The number of aliphatic hydroxyl groups is 1. The molecule has 1 atom stereocenters. The molecule has 0 amide bonds. The average molecular weight is 191 g/mol. The molecule has 0 radical (unpaired) electrons. The SMILES string of the molecule is OCC1C=CCON1c1ccccc1. The second-order valence-electron chi connectivity index (χ2n) is 3.14. The lowest BCUT2D eigenvalue weighted by molar-refractivity contribution is 0.0899. The van der Waals surface area contributed by atoms with Crippen molar-refractivity contribution in [2.24, 2.45) is 0 Å². The third kappa shape index (κ3) is 1.78. The first-order valence-electron chi connectivity index (χ1n) is 4.66. The summed E-state index contributed by atoms with van der Waals surface area (Å²) in [5.74, 6) is 0. The average Bonchev–Trinajstić information content (AvgIpc) is 2.30. The van der Waals surface area contributed by atoms with E-state index in [0.717, 1.165) is 5.69 Å². The number of aliphatic hydroxyl groups excluding tert-OH is 1. The highest BCUT2D eigenvalue weighted by Crippen LogP contribution is 2.19. The van der Waals surface area contributed by atoms with Gasteiger partial charge in [0.1, 0.15) is 0 Å². The van der Waals surface area contributed by atoms with Crippen molar-refractivity contribution < 1.29 is 9.94 Å². The Morgan fingerprint density at radius 3 is 2.86 bits per heavy atom. The van der Waals surface area contributed by atoms with Crippen LogP contribution in [0.1, 0.15) is 0 Å². The Kier molecular flexibility index (Phi) is 2.81. The number of rotatable bonds is 2. The van der Waals surface area contributed by atoms with Crippen molar-refractivity contribution in [3.05, 3.63) is 42.5 Å². The standard InChI is InChI=1S/C11H13NO2/c13-9-11-7-4-8-14-12(11)10-5-2-1-3-6-10/h1-7,11,13H,8-9H2. The first kappa shape index (κ1) is 9.24. The van der Waals surface area contributed by atoms with Crippen LogP contribution in [0.2, 0.25) is 0 Å². The normalized spacial score (nSPS) is 21.2. The molecular weight excluding hydrogens is 178 g/mol. The number of benzene rings is 1. The Labute approximate surface area is 83.2 Å². The van der Waals surface area contributed by atoms with E-state index in [9.17, 15) is 0 Å². The van der Waals surface area contributed by atoms with Crippen LogP contribution in [0.3, 0.4) is 0 Å². The lowest BCUT2D eigenvalue weighted by atomic mass is 10.2. The zero-order valence-electron chi connectivity index (χ0n) is 7.84. The van der Waals surface area contributed by atoms with Gasteiger partial charge < -0.3 is 5.11 Å². The van der Waals surface area contributed by atoms with E-state index in [1.165, 1.54) is 0 Å².